The largest absolute Gasteiger partial charge is 0.354 e. The van der Waals surface area contributed by atoms with Gasteiger partial charge in [0.05, 0.1) is 5.69 Å². The molecule has 1 heterocycles. The average Bonchev–Trinajstić information content (AvgIpc) is 2.35. The number of nitrogens with one attached hydrogen (secondary N) is 1. The van der Waals surface area contributed by atoms with Gasteiger partial charge in [-0.2, -0.15) is 0 Å². The number of nitrogens with zero attached hydrogens (tertiary/aromatic N) is 2. The van der Waals surface area contributed by atoms with Gasteiger partial charge < -0.3 is 5.32 Å². The van der Waals surface area contributed by atoms with Crippen LogP contribution >= 0.6 is 11.6 Å². The van der Waals surface area contributed by atoms with E-state index in [2.05, 4.69) is 22.2 Å². The molecule has 0 bridgehead atoms. The summed E-state index contributed by atoms with van der Waals surface area (Å²) in [5.41, 5.74) is 1.28. The maximum Gasteiger partial charge on any atom is 0.223 e. The predicted octanol–water partition coefficient (Wildman–Crippen LogP) is 3.76. The standard InChI is InChI=1S/C13H13ClFN3/c1-2-4-16-13-17-5-3-12(18-13)9-6-10(14)8-11(15)7-9/h3,5-8H,2,4H2,1H3,(H,16,17,18). The number of halogens is 2. The van der Waals surface area contributed by atoms with Crippen molar-refractivity contribution in [3.05, 3.63) is 41.3 Å². The van der Waals surface area contributed by atoms with Crippen LogP contribution in [0, 0.1) is 5.82 Å². The molecule has 2 rings (SSSR count). The van der Waals surface area contributed by atoms with E-state index < -0.39 is 0 Å². The minimum Gasteiger partial charge on any atom is -0.354 e. The number of hydrogen-bond acceptors (Lipinski definition) is 3. The lowest BCUT2D eigenvalue weighted by Gasteiger charge is -2.06. The molecule has 0 atom stereocenters. The SMILES string of the molecule is CCCNc1nccc(-c2cc(F)cc(Cl)c2)n1. The number of rotatable bonds is 4. The van der Waals surface area contributed by atoms with Gasteiger partial charge in [-0.1, -0.05) is 18.5 Å². The first-order chi connectivity index (χ1) is 8.69. The van der Waals surface area contributed by atoms with E-state index in [0.717, 1.165) is 13.0 Å². The maximum atomic E-state index is 13.3. The Kier molecular flexibility index (Phi) is 4.10. The van der Waals surface area contributed by atoms with Crippen LogP contribution < -0.4 is 5.32 Å². The van der Waals surface area contributed by atoms with Crippen molar-refractivity contribution < 1.29 is 4.39 Å². The minimum absolute atomic E-state index is 0.353. The first-order valence-electron chi connectivity index (χ1n) is 5.72. The van der Waals surface area contributed by atoms with Crippen molar-refractivity contribution in [2.45, 2.75) is 13.3 Å². The fourth-order valence-corrected chi connectivity index (χ4v) is 1.76. The lowest BCUT2D eigenvalue weighted by Crippen LogP contribution is -2.04. The van der Waals surface area contributed by atoms with Gasteiger partial charge in [-0.05, 0) is 30.7 Å². The molecule has 0 saturated heterocycles. The lowest BCUT2D eigenvalue weighted by molar-refractivity contribution is 0.628. The highest BCUT2D eigenvalue weighted by Crippen LogP contribution is 2.23. The third-order valence-electron chi connectivity index (χ3n) is 2.35. The molecule has 0 spiro atoms. The summed E-state index contributed by atoms with van der Waals surface area (Å²) in [5, 5.41) is 3.44. The van der Waals surface area contributed by atoms with Gasteiger partial charge in [-0.15, -0.1) is 0 Å². The van der Waals surface area contributed by atoms with E-state index in [1.165, 1.54) is 12.1 Å². The van der Waals surface area contributed by atoms with Crippen LogP contribution in [-0.4, -0.2) is 16.5 Å². The third kappa shape index (κ3) is 3.17. The van der Waals surface area contributed by atoms with Crippen LogP contribution in [0.2, 0.25) is 5.02 Å². The van der Waals surface area contributed by atoms with Crippen LogP contribution in [0.3, 0.4) is 0 Å². The zero-order valence-corrected chi connectivity index (χ0v) is 10.7. The van der Waals surface area contributed by atoms with Gasteiger partial charge in [-0.3, -0.25) is 0 Å². The van der Waals surface area contributed by atoms with Crippen molar-refractivity contribution in [2.75, 3.05) is 11.9 Å². The van der Waals surface area contributed by atoms with Gasteiger partial charge in [0.2, 0.25) is 5.95 Å². The van der Waals surface area contributed by atoms with Crippen LogP contribution in [0.15, 0.2) is 30.5 Å². The number of benzene rings is 1. The van der Waals surface area contributed by atoms with Crippen LogP contribution in [0.25, 0.3) is 11.3 Å². The van der Waals surface area contributed by atoms with E-state index in [-0.39, 0.29) is 5.82 Å². The summed E-state index contributed by atoms with van der Waals surface area (Å²) in [6.45, 7) is 2.86. The zero-order chi connectivity index (χ0) is 13.0. The van der Waals surface area contributed by atoms with E-state index in [0.29, 0.717) is 22.2 Å². The Morgan fingerprint density at radius 3 is 2.89 bits per heavy atom. The summed E-state index contributed by atoms with van der Waals surface area (Å²) in [5.74, 6) is 0.161. The molecule has 0 fully saturated rings. The van der Waals surface area contributed by atoms with E-state index in [1.807, 2.05) is 0 Å². The highest BCUT2D eigenvalue weighted by atomic mass is 35.5. The van der Waals surface area contributed by atoms with Gasteiger partial charge in [0.1, 0.15) is 5.82 Å². The Balaban J connectivity index is 2.32. The molecule has 0 aliphatic carbocycles. The second kappa shape index (κ2) is 5.78. The molecule has 0 unspecified atom stereocenters. The number of anilines is 1. The molecule has 1 aromatic carbocycles. The molecule has 94 valence electrons. The summed E-state index contributed by atoms with van der Waals surface area (Å²) in [6, 6.07) is 6.07. The molecule has 18 heavy (non-hydrogen) atoms. The monoisotopic (exact) mass is 265 g/mol. The Morgan fingerprint density at radius 2 is 2.17 bits per heavy atom. The Morgan fingerprint density at radius 1 is 1.33 bits per heavy atom. The molecule has 3 nitrogen and oxygen atoms in total. The van der Waals surface area contributed by atoms with Crippen molar-refractivity contribution in [3.8, 4) is 11.3 Å². The molecule has 0 saturated carbocycles. The fraction of sp³-hybridized carbons (Fsp3) is 0.231. The molecule has 0 radical (unpaired) electrons. The van der Waals surface area contributed by atoms with Crippen molar-refractivity contribution in [3.63, 3.8) is 0 Å². The van der Waals surface area contributed by atoms with E-state index in [9.17, 15) is 4.39 Å². The quantitative estimate of drug-likeness (QED) is 0.915. The van der Waals surface area contributed by atoms with Crippen LogP contribution in [0.1, 0.15) is 13.3 Å². The van der Waals surface area contributed by atoms with Gasteiger partial charge in [-0.25, -0.2) is 14.4 Å². The Hall–Kier alpha value is -1.68. The molecule has 0 aliphatic rings. The van der Waals surface area contributed by atoms with Gasteiger partial charge in [0.25, 0.3) is 0 Å². The van der Waals surface area contributed by atoms with Crippen LogP contribution in [0.5, 0.6) is 0 Å². The highest BCUT2D eigenvalue weighted by Gasteiger charge is 2.05. The molecule has 1 N–H and O–H groups in total. The molecular formula is C13H13ClFN3. The van der Waals surface area contributed by atoms with E-state index in [4.69, 9.17) is 11.6 Å². The van der Waals surface area contributed by atoms with Gasteiger partial charge in [0.15, 0.2) is 0 Å². The second-order valence-electron chi connectivity index (χ2n) is 3.85. The van der Waals surface area contributed by atoms with Crippen molar-refractivity contribution >= 4 is 17.5 Å². The molecular weight excluding hydrogens is 253 g/mol. The first kappa shape index (κ1) is 12.8. The van der Waals surface area contributed by atoms with Crippen molar-refractivity contribution in [2.24, 2.45) is 0 Å². The lowest BCUT2D eigenvalue weighted by atomic mass is 10.1. The summed E-state index contributed by atoms with van der Waals surface area (Å²) >= 11 is 5.82. The molecule has 1 aromatic heterocycles. The topological polar surface area (TPSA) is 37.8 Å². The van der Waals surface area contributed by atoms with Crippen LogP contribution in [0.4, 0.5) is 10.3 Å². The average molecular weight is 266 g/mol. The summed E-state index contributed by atoms with van der Waals surface area (Å²) in [4.78, 5) is 8.41. The van der Waals surface area contributed by atoms with Gasteiger partial charge >= 0.3 is 0 Å². The maximum absolute atomic E-state index is 13.3. The molecule has 0 aliphatic heterocycles. The smallest absolute Gasteiger partial charge is 0.223 e. The van der Waals surface area contributed by atoms with E-state index >= 15 is 0 Å². The summed E-state index contributed by atoms with van der Waals surface area (Å²) < 4.78 is 13.3. The first-order valence-corrected chi connectivity index (χ1v) is 6.10. The van der Waals surface area contributed by atoms with Crippen molar-refractivity contribution in [1.82, 2.24) is 9.97 Å². The van der Waals surface area contributed by atoms with E-state index in [1.54, 1.807) is 18.3 Å². The van der Waals surface area contributed by atoms with Crippen LogP contribution in [-0.2, 0) is 0 Å². The normalized spacial score (nSPS) is 10.4. The number of aromatic nitrogens is 2. The second-order valence-corrected chi connectivity index (χ2v) is 4.29. The van der Waals surface area contributed by atoms with Gasteiger partial charge in [0, 0.05) is 23.3 Å². The molecule has 0 amide bonds. The molecule has 2 aromatic rings. The summed E-state index contributed by atoms with van der Waals surface area (Å²) in [6.07, 6.45) is 2.62. The summed E-state index contributed by atoms with van der Waals surface area (Å²) in [7, 11) is 0. The minimum atomic E-state index is -0.376. The Bertz CT molecular complexity index is 525. The highest BCUT2D eigenvalue weighted by molar-refractivity contribution is 6.30. The third-order valence-corrected chi connectivity index (χ3v) is 2.57. The zero-order valence-electron chi connectivity index (χ0n) is 9.95. The van der Waals surface area contributed by atoms with Crippen molar-refractivity contribution in [1.29, 1.82) is 0 Å². The Labute approximate surface area is 110 Å². The fourth-order valence-electron chi connectivity index (χ4n) is 1.54. The predicted molar refractivity (Wildman–Crippen MR) is 71.2 cm³/mol. The number of hydrogen-bond donors (Lipinski definition) is 1. The molecule has 5 heteroatoms.